The first-order valence-electron chi connectivity index (χ1n) is 21.3. The van der Waals surface area contributed by atoms with Crippen molar-refractivity contribution in [1.82, 2.24) is 4.57 Å². The molecule has 11 aromatic carbocycles. The molecular formula is C60H40N2. The van der Waals surface area contributed by atoms with E-state index in [-0.39, 0.29) is 0 Å². The van der Waals surface area contributed by atoms with E-state index in [0.29, 0.717) is 0 Å². The molecule has 0 atom stereocenters. The van der Waals surface area contributed by atoms with E-state index in [1.54, 1.807) is 0 Å². The van der Waals surface area contributed by atoms with Gasteiger partial charge in [0, 0.05) is 33.5 Å². The summed E-state index contributed by atoms with van der Waals surface area (Å²) in [4.78, 5) is 2.40. The minimum absolute atomic E-state index is 1.09. The van der Waals surface area contributed by atoms with Crippen LogP contribution in [0.25, 0.3) is 93.2 Å². The first kappa shape index (κ1) is 35.7. The molecule has 0 amide bonds. The summed E-state index contributed by atoms with van der Waals surface area (Å²) in [5.41, 5.74) is 14.0. The molecule has 12 aromatic rings. The average Bonchev–Trinajstić information content (AvgIpc) is 3.68. The van der Waals surface area contributed by atoms with Crippen LogP contribution in [0.3, 0.4) is 0 Å². The molecule has 0 N–H and O–H groups in total. The van der Waals surface area contributed by atoms with Crippen LogP contribution < -0.4 is 4.90 Å². The second kappa shape index (κ2) is 14.8. The highest BCUT2D eigenvalue weighted by Gasteiger charge is 2.18. The number of hydrogen-bond acceptors (Lipinski definition) is 1. The minimum atomic E-state index is 1.09. The van der Waals surface area contributed by atoms with Crippen LogP contribution in [0.4, 0.5) is 17.1 Å². The van der Waals surface area contributed by atoms with Gasteiger partial charge in [0.25, 0.3) is 0 Å². The Morgan fingerprint density at radius 3 is 1.66 bits per heavy atom. The highest BCUT2D eigenvalue weighted by molar-refractivity contribution is 6.12. The summed E-state index contributed by atoms with van der Waals surface area (Å²) in [6.45, 7) is 0. The fourth-order valence-corrected chi connectivity index (χ4v) is 9.55. The van der Waals surface area contributed by atoms with E-state index in [4.69, 9.17) is 0 Å². The van der Waals surface area contributed by atoms with Gasteiger partial charge in [-0.15, -0.1) is 0 Å². The highest BCUT2D eigenvalue weighted by Crippen LogP contribution is 2.42. The molecule has 0 unspecified atom stereocenters. The summed E-state index contributed by atoms with van der Waals surface area (Å²) in [6, 6.07) is 88.5. The van der Waals surface area contributed by atoms with E-state index >= 15 is 0 Å². The Kier molecular flexibility index (Phi) is 8.53. The molecule has 0 aliphatic carbocycles. The van der Waals surface area contributed by atoms with E-state index in [1.807, 2.05) is 0 Å². The normalized spacial score (nSPS) is 11.5. The van der Waals surface area contributed by atoms with Crippen molar-refractivity contribution in [2.75, 3.05) is 4.90 Å². The third-order valence-corrected chi connectivity index (χ3v) is 12.5. The number of benzene rings is 11. The predicted molar refractivity (Wildman–Crippen MR) is 264 cm³/mol. The van der Waals surface area contributed by atoms with Gasteiger partial charge >= 0.3 is 0 Å². The van der Waals surface area contributed by atoms with Crippen molar-refractivity contribution in [3.63, 3.8) is 0 Å². The van der Waals surface area contributed by atoms with Crippen molar-refractivity contribution in [1.29, 1.82) is 0 Å². The lowest BCUT2D eigenvalue weighted by molar-refractivity contribution is 1.18. The second-order valence-corrected chi connectivity index (χ2v) is 16.2. The van der Waals surface area contributed by atoms with Gasteiger partial charge in [0.2, 0.25) is 0 Å². The maximum absolute atomic E-state index is 2.40. The number of fused-ring (bicyclic) bond motifs is 7. The summed E-state index contributed by atoms with van der Waals surface area (Å²) in [7, 11) is 0. The molecule has 1 aromatic heterocycles. The van der Waals surface area contributed by atoms with E-state index in [2.05, 4.69) is 252 Å². The van der Waals surface area contributed by atoms with Gasteiger partial charge in [-0.05, 0) is 132 Å². The molecule has 62 heavy (non-hydrogen) atoms. The van der Waals surface area contributed by atoms with Crippen LogP contribution in [-0.4, -0.2) is 4.57 Å². The average molecular weight is 789 g/mol. The summed E-state index contributed by atoms with van der Waals surface area (Å²) >= 11 is 0. The maximum Gasteiger partial charge on any atom is 0.0547 e. The minimum Gasteiger partial charge on any atom is -0.310 e. The quantitative estimate of drug-likeness (QED) is 0.146. The Morgan fingerprint density at radius 1 is 0.258 bits per heavy atom. The van der Waals surface area contributed by atoms with E-state index in [1.165, 1.54) is 87.5 Å². The molecule has 290 valence electrons. The highest BCUT2D eigenvalue weighted by atomic mass is 15.1. The Morgan fingerprint density at radius 2 is 0.823 bits per heavy atom. The van der Waals surface area contributed by atoms with Gasteiger partial charge in [0.1, 0.15) is 0 Å². The van der Waals surface area contributed by atoms with Crippen LogP contribution >= 0.6 is 0 Å². The molecule has 0 radical (unpaired) electrons. The van der Waals surface area contributed by atoms with Crippen molar-refractivity contribution in [3.05, 3.63) is 243 Å². The molecule has 0 spiro atoms. The summed E-state index contributed by atoms with van der Waals surface area (Å²) in [6.07, 6.45) is 0. The fraction of sp³-hybridized carbons (Fsp3) is 0. The Balaban J connectivity index is 0.988. The van der Waals surface area contributed by atoms with E-state index in [9.17, 15) is 0 Å². The lowest BCUT2D eigenvalue weighted by Crippen LogP contribution is -2.10. The predicted octanol–water partition coefficient (Wildman–Crippen LogP) is 16.7. The molecule has 1 heterocycles. The Bertz CT molecular complexity index is 3640. The molecule has 0 saturated carbocycles. The largest absolute Gasteiger partial charge is 0.310 e. The van der Waals surface area contributed by atoms with Gasteiger partial charge in [0.15, 0.2) is 0 Å². The molecule has 0 fully saturated rings. The fourth-order valence-electron chi connectivity index (χ4n) is 9.55. The van der Waals surface area contributed by atoms with Crippen LogP contribution in [0.15, 0.2) is 243 Å². The number of nitrogens with zero attached hydrogens (tertiary/aromatic N) is 2. The topological polar surface area (TPSA) is 8.17 Å². The Hall–Kier alpha value is -8.20. The lowest BCUT2D eigenvalue weighted by atomic mass is 9.94. The molecule has 0 aliphatic heterocycles. The van der Waals surface area contributed by atoms with Crippen LogP contribution in [0.1, 0.15) is 0 Å². The van der Waals surface area contributed by atoms with Crippen LogP contribution in [0.2, 0.25) is 0 Å². The number of hydrogen-bond donors (Lipinski definition) is 0. The smallest absolute Gasteiger partial charge is 0.0547 e. The number of para-hydroxylation sites is 2. The molecule has 2 nitrogen and oxygen atoms in total. The maximum atomic E-state index is 2.40. The van der Waals surface area contributed by atoms with E-state index in [0.717, 1.165) is 22.7 Å². The van der Waals surface area contributed by atoms with Crippen LogP contribution in [-0.2, 0) is 0 Å². The monoisotopic (exact) mass is 788 g/mol. The van der Waals surface area contributed by atoms with Crippen LogP contribution in [0.5, 0.6) is 0 Å². The van der Waals surface area contributed by atoms with Gasteiger partial charge in [-0.25, -0.2) is 0 Å². The van der Waals surface area contributed by atoms with Gasteiger partial charge in [0.05, 0.1) is 11.0 Å². The summed E-state index contributed by atoms with van der Waals surface area (Å²) in [5, 5.41) is 10.0. The number of aromatic nitrogens is 1. The summed E-state index contributed by atoms with van der Waals surface area (Å²) in [5.74, 6) is 0. The molecule has 0 aliphatic rings. The second-order valence-electron chi connectivity index (χ2n) is 16.2. The zero-order valence-corrected chi connectivity index (χ0v) is 34.0. The lowest BCUT2D eigenvalue weighted by Gasteiger charge is -2.27. The molecule has 2 heteroatoms. The number of rotatable bonds is 7. The SMILES string of the molecule is c1ccc(-n2c3ccccc3c3ccc(-c4ccc(N(c5cccc(-c6ccc7ccccc7c6)c5)c5cccc(-c6cccc7c6ccc6ccccc67)c5)cc4)cc32)cc1. The molecule has 0 bridgehead atoms. The van der Waals surface area contributed by atoms with Gasteiger partial charge in [-0.2, -0.15) is 0 Å². The zero-order valence-electron chi connectivity index (χ0n) is 34.0. The van der Waals surface area contributed by atoms with E-state index < -0.39 is 0 Å². The van der Waals surface area contributed by atoms with Crippen molar-refractivity contribution >= 4 is 71.2 Å². The van der Waals surface area contributed by atoms with Crippen molar-refractivity contribution in [3.8, 4) is 39.1 Å². The third kappa shape index (κ3) is 6.12. The molecule has 12 rings (SSSR count). The van der Waals surface area contributed by atoms with Gasteiger partial charge in [-0.1, -0.05) is 176 Å². The first-order valence-corrected chi connectivity index (χ1v) is 21.3. The van der Waals surface area contributed by atoms with Gasteiger partial charge < -0.3 is 9.47 Å². The Labute approximate surface area is 360 Å². The third-order valence-electron chi connectivity index (χ3n) is 12.5. The molecular weight excluding hydrogens is 749 g/mol. The first-order chi connectivity index (χ1) is 30.7. The zero-order chi connectivity index (χ0) is 41.0. The van der Waals surface area contributed by atoms with Crippen molar-refractivity contribution in [2.45, 2.75) is 0 Å². The van der Waals surface area contributed by atoms with Gasteiger partial charge in [-0.3, -0.25) is 0 Å². The van der Waals surface area contributed by atoms with Crippen LogP contribution in [0, 0.1) is 0 Å². The summed E-state index contributed by atoms with van der Waals surface area (Å²) < 4.78 is 2.39. The number of anilines is 3. The standard InChI is InChI=1S/C60H40N2/c1-2-18-49(19-3-1)62-59-26-9-8-23-57(59)58-36-32-47(40-60(58)62)42-29-33-50(34-30-42)61(51-20-10-16-45(38-51)46-28-27-41-13-4-5-15-44(41)37-46)52-21-11-17-48(39-52)54-24-12-25-55-53-22-7-6-14-43(53)31-35-56(54)55/h1-40H. The molecule has 0 saturated heterocycles. The van der Waals surface area contributed by atoms with Crippen molar-refractivity contribution in [2.24, 2.45) is 0 Å². The van der Waals surface area contributed by atoms with Crippen molar-refractivity contribution < 1.29 is 0 Å².